The van der Waals surface area contributed by atoms with Gasteiger partial charge in [0.15, 0.2) is 11.5 Å². The zero-order valence-electron chi connectivity index (χ0n) is 21.5. The molecule has 2 aromatic carbocycles. The molecule has 0 spiro atoms. The first-order valence-corrected chi connectivity index (χ1v) is 12.6. The summed E-state index contributed by atoms with van der Waals surface area (Å²) < 4.78 is 2.22. The fraction of sp³-hybridized carbons (Fsp3) is 0.429. The minimum Gasteiger partial charge on any atom is -0.504 e. The van der Waals surface area contributed by atoms with Crippen molar-refractivity contribution in [1.29, 1.82) is 0 Å². The maximum absolute atomic E-state index is 13.2. The van der Waals surface area contributed by atoms with E-state index in [4.69, 9.17) is 0 Å². The van der Waals surface area contributed by atoms with Crippen LogP contribution in [0.25, 0.3) is 10.9 Å². The van der Waals surface area contributed by atoms with Gasteiger partial charge >= 0.3 is 0 Å². The van der Waals surface area contributed by atoms with E-state index in [1.54, 1.807) is 6.07 Å². The van der Waals surface area contributed by atoms with E-state index in [0.29, 0.717) is 43.5 Å². The number of aromatic nitrogens is 1. The second kappa shape index (κ2) is 10.2. The molecule has 0 unspecified atom stereocenters. The molecule has 4 rings (SSSR count). The Hall–Kier alpha value is -3.88. The molecule has 1 aromatic heterocycles. The zero-order valence-corrected chi connectivity index (χ0v) is 21.5. The number of nitrogens with zero attached hydrogens (tertiary/aromatic N) is 2. The lowest BCUT2D eigenvalue weighted by Gasteiger charge is -2.22. The zero-order chi connectivity index (χ0) is 26.8. The number of carbonyl (C=O) groups excluding carboxylic acids is 2. The van der Waals surface area contributed by atoms with Gasteiger partial charge in [-0.1, -0.05) is 32.0 Å². The van der Waals surface area contributed by atoms with Crippen molar-refractivity contribution in [2.24, 2.45) is 5.18 Å². The Morgan fingerprint density at radius 3 is 2.46 bits per heavy atom. The second-order valence-electron chi connectivity index (χ2n) is 10.8. The number of nitroso groups, excluding NO2 is 1. The number of anilines is 1. The molecule has 1 fully saturated rings. The van der Waals surface area contributed by atoms with Crippen LogP contribution in [0.2, 0.25) is 0 Å². The van der Waals surface area contributed by atoms with Gasteiger partial charge in [-0.05, 0) is 61.2 Å². The highest BCUT2D eigenvalue weighted by molar-refractivity contribution is 6.02. The topological polar surface area (TPSA) is 133 Å². The minimum atomic E-state index is -0.703. The predicted octanol–water partition coefficient (Wildman–Crippen LogP) is 4.68. The summed E-state index contributed by atoms with van der Waals surface area (Å²) in [5, 5.41) is 29.0. The molecule has 0 radical (unpaired) electrons. The van der Waals surface area contributed by atoms with Gasteiger partial charge in [-0.3, -0.25) is 9.59 Å². The Morgan fingerprint density at radius 1 is 1.05 bits per heavy atom. The van der Waals surface area contributed by atoms with Crippen LogP contribution in [0, 0.1) is 4.91 Å². The van der Waals surface area contributed by atoms with E-state index in [-0.39, 0.29) is 41.8 Å². The number of aryl methyl sites for hydroxylation is 1. The summed E-state index contributed by atoms with van der Waals surface area (Å²) >= 11 is 0. The van der Waals surface area contributed by atoms with Gasteiger partial charge in [0.25, 0.3) is 0 Å². The summed E-state index contributed by atoms with van der Waals surface area (Å²) in [6, 6.07) is 12.5. The average Bonchev–Trinajstić information content (AvgIpc) is 3.57. The SMILES string of the molecule is CC(C)(C)c1cc2cc(NC(=O)C3(c4ccc(O)c(O)c4)CC3)ccc2n1CCCC(=O)NCCN=O. The molecule has 0 saturated heterocycles. The molecule has 1 saturated carbocycles. The van der Waals surface area contributed by atoms with Gasteiger partial charge in [0.05, 0.1) is 12.0 Å². The highest BCUT2D eigenvalue weighted by Crippen LogP contribution is 2.50. The summed E-state index contributed by atoms with van der Waals surface area (Å²) in [7, 11) is 0. The number of phenolic OH excluding ortho intramolecular Hbond substituents is 2. The molecule has 2 amide bonds. The van der Waals surface area contributed by atoms with E-state index in [1.807, 2.05) is 18.2 Å². The number of carbonyl (C=O) groups is 2. The molecule has 9 heteroatoms. The molecule has 9 nitrogen and oxygen atoms in total. The predicted molar refractivity (Wildman–Crippen MR) is 143 cm³/mol. The number of aromatic hydroxyl groups is 2. The van der Waals surface area contributed by atoms with Crippen molar-refractivity contribution in [1.82, 2.24) is 9.88 Å². The molecule has 0 atom stereocenters. The van der Waals surface area contributed by atoms with Gasteiger partial charge < -0.3 is 25.4 Å². The molecule has 4 N–H and O–H groups in total. The van der Waals surface area contributed by atoms with Crippen LogP contribution in [0.3, 0.4) is 0 Å². The monoisotopic (exact) mass is 506 g/mol. The van der Waals surface area contributed by atoms with Crippen molar-refractivity contribution < 1.29 is 19.8 Å². The largest absolute Gasteiger partial charge is 0.504 e. The molecule has 37 heavy (non-hydrogen) atoms. The van der Waals surface area contributed by atoms with Crippen LogP contribution >= 0.6 is 0 Å². The minimum absolute atomic E-state index is 0.0690. The van der Waals surface area contributed by atoms with Crippen molar-refractivity contribution >= 4 is 28.4 Å². The number of hydrogen-bond donors (Lipinski definition) is 4. The summed E-state index contributed by atoms with van der Waals surface area (Å²) in [5.74, 6) is -0.675. The van der Waals surface area contributed by atoms with E-state index in [1.165, 1.54) is 12.1 Å². The van der Waals surface area contributed by atoms with Crippen LogP contribution in [-0.4, -0.2) is 39.7 Å². The molecule has 0 bridgehead atoms. The number of hydrogen-bond acceptors (Lipinski definition) is 6. The van der Waals surface area contributed by atoms with Crippen molar-refractivity contribution in [3.63, 3.8) is 0 Å². The standard InChI is InChI=1S/C28H34N4O5/c1-27(2,3)24-16-18-15-20(7-8-21(18)32(24)14-4-5-25(35)29-12-13-30-37)31-26(36)28(10-11-28)19-6-9-22(33)23(34)17-19/h6-9,15-17,33-34H,4-5,10-14H2,1-3H3,(H,29,35)(H,31,36). The molecule has 1 heterocycles. The summed E-state index contributed by atoms with van der Waals surface area (Å²) in [5.41, 5.74) is 2.71. The Balaban J connectivity index is 1.52. The van der Waals surface area contributed by atoms with Crippen LogP contribution < -0.4 is 10.6 Å². The van der Waals surface area contributed by atoms with Crippen molar-refractivity contribution in [3.8, 4) is 11.5 Å². The number of phenols is 2. The number of nitrogens with one attached hydrogen (secondary N) is 2. The highest BCUT2D eigenvalue weighted by atomic mass is 16.3. The van der Waals surface area contributed by atoms with Gasteiger partial charge in [-0.25, -0.2) is 0 Å². The molecular formula is C28H34N4O5. The average molecular weight is 507 g/mol. The van der Waals surface area contributed by atoms with Crippen LogP contribution in [0.1, 0.15) is 57.7 Å². The third-order valence-electron chi connectivity index (χ3n) is 6.95. The summed E-state index contributed by atoms with van der Waals surface area (Å²) in [4.78, 5) is 35.5. The van der Waals surface area contributed by atoms with Crippen molar-refractivity contribution in [2.45, 2.75) is 63.8 Å². The molecular weight excluding hydrogens is 472 g/mol. The van der Waals surface area contributed by atoms with Crippen molar-refractivity contribution in [3.05, 3.63) is 58.6 Å². The Morgan fingerprint density at radius 2 is 1.81 bits per heavy atom. The fourth-order valence-electron chi connectivity index (χ4n) is 4.78. The third-order valence-corrected chi connectivity index (χ3v) is 6.95. The number of rotatable bonds is 10. The van der Waals surface area contributed by atoms with Crippen LogP contribution in [-0.2, 0) is 27.0 Å². The van der Waals surface area contributed by atoms with E-state index < -0.39 is 5.41 Å². The van der Waals surface area contributed by atoms with E-state index in [2.05, 4.69) is 47.2 Å². The fourth-order valence-corrected chi connectivity index (χ4v) is 4.78. The molecule has 196 valence electrons. The second-order valence-corrected chi connectivity index (χ2v) is 10.8. The van der Waals surface area contributed by atoms with Crippen LogP contribution in [0.15, 0.2) is 47.6 Å². The maximum atomic E-state index is 13.2. The summed E-state index contributed by atoms with van der Waals surface area (Å²) in [6.07, 6.45) is 2.35. The van der Waals surface area contributed by atoms with Gasteiger partial charge in [-0.2, -0.15) is 4.91 Å². The normalized spacial score (nSPS) is 14.4. The van der Waals surface area contributed by atoms with Gasteiger partial charge in [0.1, 0.15) is 0 Å². The number of amides is 2. The lowest BCUT2D eigenvalue weighted by atomic mass is 9.92. The number of fused-ring (bicyclic) bond motifs is 1. The quantitative estimate of drug-likeness (QED) is 0.180. The van der Waals surface area contributed by atoms with Gasteiger partial charge in [0.2, 0.25) is 11.8 Å². The van der Waals surface area contributed by atoms with E-state index in [9.17, 15) is 24.7 Å². The molecule has 1 aliphatic rings. The smallest absolute Gasteiger partial charge is 0.235 e. The lowest BCUT2D eigenvalue weighted by Crippen LogP contribution is -2.27. The molecule has 1 aliphatic carbocycles. The number of benzene rings is 2. The first-order valence-electron chi connectivity index (χ1n) is 12.6. The van der Waals surface area contributed by atoms with Crippen molar-refractivity contribution in [2.75, 3.05) is 18.4 Å². The van der Waals surface area contributed by atoms with Crippen LogP contribution in [0.5, 0.6) is 11.5 Å². The first-order chi connectivity index (χ1) is 17.5. The first kappa shape index (κ1) is 26.2. The summed E-state index contributed by atoms with van der Waals surface area (Å²) in [6.45, 7) is 7.41. The Bertz CT molecular complexity index is 1330. The molecule has 0 aliphatic heterocycles. The molecule has 3 aromatic rings. The van der Waals surface area contributed by atoms with E-state index >= 15 is 0 Å². The Kier molecular flexibility index (Phi) is 7.25. The van der Waals surface area contributed by atoms with Crippen LogP contribution in [0.4, 0.5) is 5.69 Å². The third kappa shape index (κ3) is 5.60. The van der Waals surface area contributed by atoms with Gasteiger partial charge in [-0.15, -0.1) is 0 Å². The highest BCUT2D eigenvalue weighted by Gasteiger charge is 2.51. The van der Waals surface area contributed by atoms with Gasteiger partial charge in [0, 0.05) is 47.2 Å². The lowest BCUT2D eigenvalue weighted by molar-refractivity contribution is -0.121. The Labute approximate surface area is 215 Å². The maximum Gasteiger partial charge on any atom is 0.235 e. The van der Waals surface area contributed by atoms with E-state index in [0.717, 1.165) is 16.6 Å².